The van der Waals surface area contributed by atoms with Crippen molar-refractivity contribution in [1.82, 2.24) is 4.90 Å². The van der Waals surface area contributed by atoms with E-state index in [4.69, 9.17) is 37.3 Å². The number of rotatable bonds is 17. The zero-order valence-electron chi connectivity index (χ0n) is 36.6. The Labute approximate surface area is 351 Å². The molecule has 0 N–H and O–H groups in total. The van der Waals surface area contributed by atoms with Gasteiger partial charge < -0.3 is 37.3 Å². The Kier molecular flexibility index (Phi) is 14.9. The van der Waals surface area contributed by atoms with E-state index in [-0.39, 0.29) is 24.7 Å². The van der Waals surface area contributed by atoms with Gasteiger partial charge in [-0.25, -0.2) is 19.3 Å². The molecule has 3 aliphatic rings. The molecular weight excluding hydrogens is 791 g/mol. The van der Waals surface area contributed by atoms with Gasteiger partial charge in [-0.2, -0.15) is 0 Å². The van der Waals surface area contributed by atoms with Crippen molar-refractivity contribution < 1.29 is 56.5 Å². The molecule has 2 unspecified atom stereocenters. The molecule has 0 aliphatic carbocycles. The number of ether oxygens (including phenoxy) is 6. The van der Waals surface area contributed by atoms with Crippen molar-refractivity contribution in [2.24, 2.45) is 0 Å². The average Bonchev–Trinajstić information content (AvgIpc) is 3.52. The van der Waals surface area contributed by atoms with Gasteiger partial charge in [-0.3, -0.25) is 4.79 Å². The van der Waals surface area contributed by atoms with Gasteiger partial charge in [0.25, 0.3) is 20.0 Å². The van der Waals surface area contributed by atoms with E-state index >= 15 is 0 Å². The van der Waals surface area contributed by atoms with E-state index < -0.39 is 88.6 Å². The maximum absolute atomic E-state index is 14.7. The molecule has 15 heteroatoms. The fourth-order valence-corrected chi connectivity index (χ4v) is 14.0. The zero-order chi connectivity index (χ0) is 43.2. The number of fused-ring (bicyclic) bond motifs is 1. The molecule has 2 amide bonds. The maximum Gasteiger partial charge on any atom is 0.508 e. The van der Waals surface area contributed by atoms with Crippen molar-refractivity contribution in [2.75, 3.05) is 26.9 Å². The van der Waals surface area contributed by atoms with Gasteiger partial charge in [0.1, 0.15) is 37.6 Å². The van der Waals surface area contributed by atoms with E-state index in [1.807, 2.05) is 73.8 Å². The first-order valence-electron chi connectivity index (χ1n) is 21.0. The highest BCUT2D eigenvalue weighted by Gasteiger charge is 2.65. The third-order valence-corrected chi connectivity index (χ3v) is 21.7. The van der Waals surface area contributed by atoms with Crippen LogP contribution in [0.15, 0.2) is 60.7 Å². The Morgan fingerprint density at radius 3 is 1.98 bits per heavy atom. The first kappa shape index (κ1) is 46.5. The Bertz CT molecular complexity index is 1710. The average molecular weight is 856 g/mol. The summed E-state index contributed by atoms with van der Waals surface area (Å²) >= 11 is 0. The van der Waals surface area contributed by atoms with E-state index in [0.29, 0.717) is 6.42 Å². The summed E-state index contributed by atoms with van der Waals surface area (Å²) in [5.41, 5.74) is 0. The van der Waals surface area contributed by atoms with Gasteiger partial charge in [-0.1, -0.05) is 141 Å². The van der Waals surface area contributed by atoms with Crippen LogP contribution in [-0.2, 0) is 46.9 Å². The van der Waals surface area contributed by atoms with Crippen LogP contribution in [0.25, 0.3) is 0 Å². The molecule has 3 aliphatic heterocycles. The van der Waals surface area contributed by atoms with Crippen LogP contribution in [0, 0.1) is 0 Å². The number of carbonyl (C=O) groups excluding carboxylic acids is 4. The van der Waals surface area contributed by atoms with Gasteiger partial charge in [0.05, 0.1) is 20.1 Å². The third kappa shape index (κ3) is 9.97. The molecule has 2 aromatic rings. The van der Waals surface area contributed by atoms with Crippen LogP contribution in [0.5, 0.6) is 0 Å². The van der Waals surface area contributed by atoms with Crippen LogP contribution in [0.4, 0.5) is 9.59 Å². The van der Waals surface area contributed by atoms with Gasteiger partial charge in [0, 0.05) is 0 Å². The van der Waals surface area contributed by atoms with E-state index in [1.54, 1.807) is 0 Å². The molecule has 59 heavy (non-hydrogen) atoms. The summed E-state index contributed by atoms with van der Waals surface area (Å²) in [5, 5.41) is 1.20. The predicted octanol–water partition coefficient (Wildman–Crippen LogP) is 7.24. The molecule has 13 nitrogen and oxygen atoms in total. The van der Waals surface area contributed by atoms with E-state index in [2.05, 4.69) is 48.5 Å². The summed E-state index contributed by atoms with van der Waals surface area (Å²) in [6.07, 6.45) is -0.967. The molecule has 3 heterocycles. The van der Waals surface area contributed by atoms with Crippen LogP contribution in [-0.4, -0.2) is 109 Å². The third-order valence-electron chi connectivity index (χ3n) is 12.2. The lowest BCUT2D eigenvalue weighted by atomic mass is 9.88. The van der Waals surface area contributed by atoms with Crippen LogP contribution in [0.3, 0.4) is 0 Å². The predicted molar refractivity (Wildman–Crippen MR) is 226 cm³/mol. The quantitative estimate of drug-likeness (QED) is 0.0685. The minimum Gasteiger partial charge on any atom is -0.465 e. The lowest BCUT2D eigenvalue weighted by Gasteiger charge is -2.49. The Morgan fingerprint density at radius 1 is 0.831 bits per heavy atom. The highest BCUT2D eigenvalue weighted by molar-refractivity contribution is 6.99. The first-order valence-corrected chi connectivity index (χ1v) is 25.8. The number of hydrogen-bond acceptors (Lipinski definition) is 12. The number of esters is 1. The highest BCUT2D eigenvalue weighted by Crippen LogP contribution is 2.45. The molecule has 0 aromatic heterocycles. The number of nitrogens with zero attached hydrogens (tertiary/aromatic N) is 1. The molecule has 326 valence electrons. The number of unbranched alkanes of at least 4 members (excludes halogenated alkanes) is 5. The number of amides is 2. The van der Waals surface area contributed by atoms with Crippen molar-refractivity contribution in [3.8, 4) is 0 Å². The Balaban J connectivity index is 1.54. The van der Waals surface area contributed by atoms with Crippen molar-refractivity contribution in [3.05, 3.63) is 60.7 Å². The molecule has 3 saturated heterocycles. The summed E-state index contributed by atoms with van der Waals surface area (Å²) in [6.45, 7) is 18.2. The van der Waals surface area contributed by atoms with Crippen molar-refractivity contribution in [2.45, 2.75) is 153 Å². The van der Waals surface area contributed by atoms with E-state index in [0.717, 1.165) is 47.4 Å². The number of methoxy groups -OCH3 is 1. The topological polar surface area (TPSA) is 145 Å². The number of carbonyl (C=O) groups is 4. The minimum atomic E-state index is -3.23. The molecule has 6 atom stereocenters. The van der Waals surface area contributed by atoms with Gasteiger partial charge >= 0.3 is 18.2 Å². The molecule has 0 bridgehead atoms. The van der Waals surface area contributed by atoms with Gasteiger partial charge in [0.15, 0.2) is 14.4 Å². The maximum atomic E-state index is 14.7. The normalized spacial score (nSPS) is 25.1. The molecular formula is C44H65NO12Si2. The summed E-state index contributed by atoms with van der Waals surface area (Å²) < 4.78 is 49.3. The largest absolute Gasteiger partial charge is 0.508 e. The highest BCUT2D eigenvalue weighted by atomic mass is 28.4. The Morgan fingerprint density at radius 2 is 1.42 bits per heavy atom. The Hall–Kier alpha value is -3.61. The van der Waals surface area contributed by atoms with Gasteiger partial charge in [-0.15, -0.1) is 0 Å². The molecule has 2 aromatic carbocycles. The van der Waals surface area contributed by atoms with Gasteiger partial charge in [0.2, 0.25) is 0 Å². The summed E-state index contributed by atoms with van der Waals surface area (Å²) in [7, 11) is -4.58. The van der Waals surface area contributed by atoms with Crippen LogP contribution < -0.4 is 10.4 Å². The standard InChI is InChI=1S/C44H65NO12Si2/c1-11-12-13-14-15-22-27-52-44(39(47)50-8)28-33-36(38(56-44)37-34(29-51-41(49)55-37)57-58(9,10)42(2,3)4)45(40(48)54-33)35(46)30-53-59(43(5,6)7,31-23-18-16-19-24-31)32-25-20-17-21-26-32/h16-21,23-26,33-34,36-38H,11-15,22,27-30H2,1-10H3/t33-,34?,36+,37?,38+,44+/m0/s1. The lowest BCUT2D eigenvalue weighted by molar-refractivity contribution is -0.313. The number of benzene rings is 2. The molecule has 3 fully saturated rings. The monoisotopic (exact) mass is 855 g/mol. The minimum absolute atomic E-state index is 0.145. The van der Waals surface area contributed by atoms with Crippen LogP contribution >= 0.6 is 0 Å². The first-order chi connectivity index (χ1) is 27.8. The molecule has 5 rings (SSSR count). The number of imide groups is 1. The second-order valence-electron chi connectivity index (χ2n) is 18.3. The second kappa shape index (κ2) is 19.0. The molecule has 0 saturated carbocycles. The SMILES string of the molecule is CCCCCCCCO[C@]1(C(=O)OC)C[C@@H]2OC(=O)N(C(=O)CO[Si](c3ccccc3)(c3ccccc3)C(C)(C)C)[C@H]2[C@H](C2OC(=O)OCC2O[Si](C)(C)C(C)(C)C)O1. The van der Waals surface area contributed by atoms with Crippen molar-refractivity contribution in [3.63, 3.8) is 0 Å². The summed E-state index contributed by atoms with van der Waals surface area (Å²) in [4.78, 5) is 56.6. The second-order valence-corrected chi connectivity index (χ2v) is 27.4. The molecule has 0 radical (unpaired) electrons. The summed E-state index contributed by atoms with van der Waals surface area (Å²) in [6, 6.07) is 18.5. The van der Waals surface area contributed by atoms with Gasteiger partial charge in [-0.05, 0) is 40.0 Å². The number of cyclic esters (lactones) is 2. The fourth-order valence-electron chi connectivity index (χ4n) is 8.16. The lowest BCUT2D eigenvalue weighted by Crippen LogP contribution is -2.69. The molecule has 0 spiro atoms. The van der Waals surface area contributed by atoms with Crippen LogP contribution in [0.2, 0.25) is 23.2 Å². The number of hydrogen-bond donors (Lipinski definition) is 0. The van der Waals surface area contributed by atoms with Crippen LogP contribution in [0.1, 0.15) is 93.4 Å². The van der Waals surface area contributed by atoms with E-state index in [1.165, 1.54) is 7.11 Å². The smallest absolute Gasteiger partial charge is 0.465 e. The van der Waals surface area contributed by atoms with Crippen molar-refractivity contribution in [1.29, 1.82) is 0 Å². The van der Waals surface area contributed by atoms with E-state index in [9.17, 15) is 19.2 Å². The summed E-state index contributed by atoms with van der Waals surface area (Å²) in [5.74, 6) is -3.58. The zero-order valence-corrected chi connectivity index (χ0v) is 38.6. The van der Waals surface area contributed by atoms with Crippen molar-refractivity contribution >= 4 is 51.1 Å². The fraction of sp³-hybridized carbons (Fsp3) is 0.636.